The van der Waals surface area contributed by atoms with E-state index < -0.39 is 0 Å². The summed E-state index contributed by atoms with van der Waals surface area (Å²) in [5.74, 6) is 1.76. The molecular weight excluding hydrogens is 401 g/mol. The van der Waals surface area contributed by atoms with Crippen LogP contribution < -0.4 is 5.32 Å². The lowest BCUT2D eigenvalue weighted by atomic mass is 9.96. The van der Waals surface area contributed by atoms with Gasteiger partial charge in [-0.05, 0) is 43.2 Å². The van der Waals surface area contributed by atoms with E-state index in [2.05, 4.69) is 53.4 Å². The summed E-state index contributed by atoms with van der Waals surface area (Å²) in [5, 5.41) is 3.47. The highest BCUT2D eigenvalue weighted by Crippen LogP contribution is 2.18. The Hall–Kier alpha value is -0.820. The van der Waals surface area contributed by atoms with Crippen LogP contribution in [0.2, 0.25) is 0 Å². The summed E-state index contributed by atoms with van der Waals surface area (Å²) in [6.07, 6.45) is 3.61. The highest BCUT2D eigenvalue weighted by molar-refractivity contribution is 14.0. The van der Waals surface area contributed by atoms with Gasteiger partial charge in [-0.2, -0.15) is 0 Å². The molecule has 5 heteroatoms. The quantitative estimate of drug-likeness (QED) is 0.441. The van der Waals surface area contributed by atoms with Gasteiger partial charge in [0.15, 0.2) is 5.96 Å². The molecule has 1 aromatic rings. The van der Waals surface area contributed by atoms with E-state index in [1.165, 1.54) is 30.4 Å². The average molecular weight is 431 g/mol. The Bertz CT molecular complexity index is 487. The zero-order valence-electron chi connectivity index (χ0n) is 14.5. The minimum Gasteiger partial charge on any atom is -0.381 e. The van der Waals surface area contributed by atoms with Gasteiger partial charge in [0.05, 0.1) is 0 Å². The summed E-state index contributed by atoms with van der Waals surface area (Å²) < 4.78 is 5.42. The number of aryl methyl sites for hydroxylation is 1. The van der Waals surface area contributed by atoms with Crippen LogP contribution in [0.3, 0.4) is 0 Å². The van der Waals surface area contributed by atoms with Crippen LogP contribution in [-0.2, 0) is 11.3 Å². The van der Waals surface area contributed by atoms with Crippen LogP contribution in [0.1, 0.15) is 30.4 Å². The molecule has 23 heavy (non-hydrogen) atoms. The minimum atomic E-state index is 0. The van der Waals surface area contributed by atoms with E-state index in [-0.39, 0.29) is 24.0 Å². The number of guanidine groups is 1. The number of rotatable bonds is 5. The van der Waals surface area contributed by atoms with Crippen molar-refractivity contribution in [2.24, 2.45) is 10.9 Å². The van der Waals surface area contributed by atoms with E-state index in [4.69, 9.17) is 4.74 Å². The molecule has 1 aliphatic rings. The van der Waals surface area contributed by atoms with Gasteiger partial charge in [-0.3, -0.25) is 4.99 Å². The van der Waals surface area contributed by atoms with Crippen molar-refractivity contribution in [1.82, 2.24) is 10.2 Å². The Morgan fingerprint density at radius 3 is 2.65 bits per heavy atom. The summed E-state index contributed by atoms with van der Waals surface area (Å²) >= 11 is 0. The van der Waals surface area contributed by atoms with Crippen LogP contribution >= 0.6 is 24.0 Å². The molecule has 0 bridgehead atoms. The molecule has 1 fully saturated rings. The van der Waals surface area contributed by atoms with E-state index in [0.717, 1.165) is 38.2 Å². The van der Waals surface area contributed by atoms with Gasteiger partial charge < -0.3 is 15.0 Å². The van der Waals surface area contributed by atoms with Crippen molar-refractivity contribution in [3.63, 3.8) is 0 Å². The highest BCUT2D eigenvalue weighted by Gasteiger charge is 2.15. The fraction of sp³-hybridized carbons (Fsp3) is 0.611. The monoisotopic (exact) mass is 431 g/mol. The van der Waals surface area contributed by atoms with Crippen LogP contribution in [0.25, 0.3) is 0 Å². The van der Waals surface area contributed by atoms with E-state index in [9.17, 15) is 0 Å². The Morgan fingerprint density at radius 2 is 2.00 bits per heavy atom. The third kappa shape index (κ3) is 6.67. The second kappa shape index (κ2) is 10.9. The topological polar surface area (TPSA) is 36.9 Å². The number of hydrogen-bond acceptors (Lipinski definition) is 2. The first-order valence-corrected chi connectivity index (χ1v) is 8.24. The number of ether oxygens (including phenoxy) is 1. The second-order valence-electron chi connectivity index (χ2n) is 6.09. The maximum atomic E-state index is 5.42. The molecule has 0 unspecified atom stereocenters. The number of nitrogens with zero attached hydrogens (tertiary/aromatic N) is 2. The largest absolute Gasteiger partial charge is 0.381 e. The van der Waals surface area contributed by atoms with Crippen molar-refractivity contribution in [1.29, 1.82) is 0 Å². The van der Waals surface area contributed by atoms with Gasteiger partial charge in [-0.25, -0.2) is 0 Å². The highest BCUT2D eigenvalue weighted by atomic mass is 127. The second-order valence-corrected chi connectivity index (χ2v) is 6.09. The Balaban J connectivity index is 0.00000264. The van der Waals surface area contributed by atoms with Crippen LogP contribution in [0.5, 0.6) is 0 Å². The molecule has 0 aromatic heterocycles. The summed E-state index contributed by atoms with van der Waals surface area (Å²) in [4.78, 5) is 6.63. The van der Waals surface area contributed by atoms with Gasteiger partial charge in [0.25, 0.3) is 0 Å². The van der Waals surface area contributed by atoms with Crippen molar-refractivity contribution in [3.05, 3.63) is 35.4 Å². The maximum absolute atomic E-state index is 5.42. The zero-order valence-corrected chi connectivity index (χ0v) is 16.9. The third-order valence-electron chi connectivity index (χ3n) is 4.49. The molecule has 0 radical (unpaired) electrons. The minimum absolute atomic E-state index is 0. The lowest BCUT2D eigenvalue weighted by Crippen LogP contribution is -2.39. The Kier molecular flexibility index (Phi) is 9.55. The molecule has 1 N–H and O–H groups in total. The number of benzene rings is 1. The molecule has 2 rings (SSSR count). The number of hydrogen-bond donors (Lipinski definition) is 1. The number of halogens is 1. The fourth-order valence-electron chi connectivity index (χ4n) is 2.88. The first-order valence-electron chi connectivity index (χ1n) is 8.24. The number of nitrogens with one attached hydrogen (secondary N) is 1. The molecule has 1 heterocycles. The first-order chi connectivity index (χ1) is 10.7. The summed E-state index contributed by atoms with van der Waals surface area (Å²) in [6, 6.07) is 8.47. The van der Waals surface area contributed by atoms with Gasteiger partial charge in [0.2, 0.25) is 0 Å². The van der Waals surface area contributed by atoms with Gasteiger partial charge in [-0.15, -0.1) is 24.0 Å². The van der Waals surface area contributed by atoms with Crippen LogP contribution in [0.15, 0.2) is 29.3 Å². The maximum Gasteiger partial charge on any atom is 0.193 e. The van der Waals surface area contributed by atoms with Crippen LogP contribution in [0.4, 0.5) is 0 Å². The zero-order chi connectivity index (χ0) is 15.8. The molecule has 1 aromatic carbocycles. The van der Waals surface area contributed by atoms with Crippen molar-refractivity contribution in [2.75, 3.05) is 33.9 Å². The molecule has 0 saturated carbocycles. The SMILES string of the molecule is CN=C(NCc1ccccc1C)N(C)CCC1CCOCC1.I. The van der Waals surface area contributed by atoms with Gasteiger partial charge >= 0.3 is 0 Å². The molecule has 1 aliphatic heterocycles. The van der Waals surface area contributed by atoms with E-state index >= 15 is 0 Å². The van der Waals surface area contributed by atoms with Crippen LogP contribution in [-0.4, -0.2) is 44.7 Å². The number of aliphatic imine (C=N–C) groups is 1. The van der Waals surface area contributed by atoms with Crippen molar-refractivity contribution in [2.45, 2.75) is 32.7 Å². The molecule has 0 spiro atoms. The van der Waals surface area contributed by atoms with Gasteiger partial charge in [-0.1, -0.05) is 24.3 Å². The van der Waals surface area contributed by atoms with E-state index in [1.54, 1.807) is 0 Å². The summed E-state index contributed by atoms with van der Waals surface area (Å²) in [6.45, 7) is 5.86. The lowest BCUT2D eigenvalue weighted by molar-refractivity contribution is 0.0625. The van der Waals surface area contributed by atoms with Crippen LogP contribution in [0, 0.1) is 12.8 Å². The predicted molar refractivity (Wildman–Crippen MR) is 108 cm³/mol. The molecule has 130 valence electrons. The molecular formula is C18H30IN3O. The fourth-order valence-corrected chi connectivity index (χ4v) is 2.88. The molecule has 0 aliphatic carbocycles. The standard InChI is InChI=1S/C18H29N3O.HI/c1-15-6-4-5-7-17(15)14-20-18(19-2)21(3)11-8-16-9-12-22-13-10-16;/h4-7,16H,8-14H2,1-3H3,(H,19,20);1H. The van der Waals surface area contributed by atoms with E-state index in [0.29, 0.717) is 0 Å². The van der Waals surface area contributed by atoms with Gasteiger partial charge in [0, 0.05) is 40.4 Å². The third-order valence-corrected chi connectivity index (χ3v) is 4.49. The molecule has 0 amide bonds. The normalized spacial score (nSPS) is 15.9. The van der Waals surface area contributed by atoms with Crippen molar-refractivity contribution >= 4 is 29.9 Å². The van der Waals surface area contributed by atoms with Crippen molar-refractivity contribution < 1.29 is 4.74 Å². The smallest absolute Gasteiger partial charge is 0.193 e. The summed E-state index contributed by atoms with van der Waals surface area (Å²) in [7, 11) is 3.97. The average Bonchev–Trinajstić information content (AvgIpc) is 2.56. The Morgan fingerprint density at radius 1 is 1.30 bits per heavy atom. The molecule has 4 nitrogen and oxygen atoms in total. The molecule has 0 atom stereocenters. The lowest BCUT2D eigenvalue weighted by Gasteiger charge is -2.27. The predicted octanol–water partition coefficient (Wildman–Crippen LogP) is 3.44. The van der Waals surface area contributed by atoms with Crippen molar-refractivity contribution in [3.8, 4) is 0 Å². The Labute approximate surface area is 157 Å². The molecule has 1 saturated heterocycles. The van der Waals surface area contributed by atoms with Gasteiger partial charge in [0.1, 0.15) is 0 Å². The van der Waals surface area contributed by atoms with E-state index in [1.807, 2.05) is 7.05 Å². The first kappa shape index (κ1) is 20.2. The summed E-state index contributed by atoms with van der Waals surface area (Å²) in [5.41, 5.74) is 2.64.